The summed E-state index contributed by atoms with van der Waals surface area (Å²) in [5, 5.41) is 8.29. The van der Waals surface area contributed by atoms with E-state index in [9.17, 15) is 0 Å². The number of nitrogens with zero attached hydrogens (tertiary/aromatic N) is 4. The fourth-order valence-corrected chi connectivity index (χ4v) is 4.16. The maximum absolute atomic E-state index is 5.28. The van der Waals surface area contributed by atoms with Gasteiger partial charge in [-0.05, 0) is 78.5 Å². The van der Waals surface area contributed by atoms with Gasteiger partial charge in [0.15, 0.2) is 11.5 Å². The van der Waals surface area contributed by atoms with Crippen LogP contribution in [0, 0.1) is 0 Å². The van der Waals surface area contributed by atoms with Gasteiger partial charge in [-0.15, -0.1) is 0 Å². The number of benzene rings is 2. The number of pyridine rings is 2. The molecule has 6 heteroatoms. The molecule has 0 spiro atoms. The zero-order valence-corrected chi connectivity index (χ0v) is 19.9. The van der Waals surface area contributed by atoms with Gasteiger partial charge >= 0.3 is 0 Å². The molecule has 0 saturated carbocycles. The number of fused-ring (bicyclic) bond motifs is 1. The predicted octanol–water partition coefficient (Wildman–Crippen LogP) is 5.11. The van der Waals surface area contributed by atoms with E-state index in [2.05, 4.69) is 46.7 Å². The highest BCUT2D eigenvalue weighted by molar-refractivity contribution is 5.63. The molecule has 2 aromatic carbocycles. The Morgan fingerprint density at radius 3 is 2.46 bits per heavy atom. The lowest BCUT2D eigenvalue weighted by Crippen LogP contribution is -2.15. The second-order valence-electron chi connectivity index (χ2n) is 8.57. The van der Waals surface area contributed by atoms with Crippen LogP contribution in [0.1, 0.15) is 28.9 Å². The topological polar surface area (TPSA) is 64.3 Å². The Bertz CT molecular complexity index is 1360. The van der Waals surface area contributed by atoms with Crippen molar-refractivity contribution in [3.05, 3.63) is 114 Å². The summed E-state index contributed by atoms with van der Waals surface area (Å²) in [4.78, 5) is 8.91. The van der Waals surface area contributed by atoms with E-state index in [1.54, 1.807) is 13.3 Å². The molecule has 0 aliphatic rings. The predicted molar refractivity (Wildman–Crippen MR) is 138 cm³/mol. The molecule has 0 radical (unpaired) electrons. The number of rotatable bonds is 10. The first kappa shape index (κ1) is 22.7. The fraction of sp³-hybridized carbons (Fsp3) is 0.207. The number of hydrogen-bond acceptors (Lipinski definition) is 5. The second-order valence-corrected chi connectivity index (χ2v) is 8.57. The number of methoxy groups -OCH3 is 1. The SMILES string of the molecule is COc1ccc(-c2cccc3nc(Cc4ccc(CCCNCc5cccnc5)cc4)nn23)cc1. The van der Waals surface area contributed by atoms with E-state index in [0.29, 0.717) is 6.42 Å². The summed E-state index contributed by atoms with van der Waals surface area (Å²) >= 11 is 0. The standard InChI is InChI=1S/C29H29N5O/c1-35-26-15-13-25(14-16-26)27-7-2-8-29-32-28(33-34(27)29)19-23-11-9-22(10-12-23)5-3-17-30-20-24-6-4-18-31-21-24/h2,4,6-16,18,21,30H,3,5,17,19-20H2,1H3. The molecule has 6 nitrogen and oxygen atoms in total. The van der Waals surface area contributed by atoms with E-state index in [0.717, 1.165) is 54.4 Å². The highest BCUT2D eigenvalue weighted by atomic mass is 16.5. The molecule has 0 amide bonds. The Balaban J connectivity index is 1.18. The first-order valence-electron chi connectivity index (χ1n) is 11.9. The third-order valence-electron chi connectivity index (χ3n) is 6.05. The third-order valence-corrected chi connectivity index (χ3v) is 6.05. The van der Waals surface area contributed by atoms with Crippen molar-refractivity contribution in [2.45, 2.75) is 25.8 Å². The van der Waals surface area contributed by atoms with Gasteiger partial charge in [0.25, 0.3) is 0 Å². The summed E-state index contributed by atoms with van der Waals surface area (Å²) in [5.74, 6) is 1.66. The molecule has 1 N–H and O–H groups in total. The fourth-order valence-electron chi connectivity index (χ4n) is 4.16. The van der Waals surface area contributed by atoms with Crippen molar-refractivity contribution in [1.29, 1.82) is 0 Å². The third kappa shape index (κ3) is 5.73. The van der Waals surface area contributed by atoms with Crippen LogP contribution >= 0.6 is 0 Å². The Hall–Kier alpha value is -4.03. The van der Waals surface area contributed by atoms with Crippen LogP contribution in [0.5, 0.6) is 5.75 Å². The van der Waals surface area contributed by atoms with Gasteiger partial charge in [-0.25, -0.2) is 9.50 Å². The molecular weight excluding hydrogens is 434 g/mol. The quantitative estimate of drug-likeness (QED) is 0.292. The number of ether oxygens (including phenoxy) is 1. The van der Waals surface area contributed by atoms with E-state index in [-0.39, 0.29) is 0 Å². The van der Waals surface area contributed by atoms with E-state index in [4.69, 9.17) is 14.8 Å². The van der Waals surface area contributed by atoms with Crippen LogP contribution in [-0.4, -0.2) is 33.2 Å². The monoisotopic (exact) mass is 463 g/mol. The minimum atomic E-state index is 0.705. The Morgan fingerprint density at radius 1 is 0.857 bits per heavy atom. The van der Waals surface area contributed by atoms with Crippen molar-refractivity contribution in [3.8, 4) is 17.0 Å². The minimum absolute atomic E-state index is 0.705. The lowest BCUT2D eigenvalue weighted by Gasteiger charge is -2.06. The van der Waals surface area contributed by atoms with Crippen molar-refractivity contribution in [2.75, 3.05) is 13.7 Å². The van der Waals surface area contributed by atoms with E-state index in [1.165, 1.54) is 16.7 Å². The summed E-state index contributed by atoms with van der Waals surface area (Å²) in [7, 11) is 1.68. The molecule has 0 fully saturated rings. The molecule has 0 saturated heterocycles. The van der Waals surface area contributed by atoms with Crippen molar-refractivity contribution in [3.63, 3.8) is 0 Å². The first-order chi connectivity index (χ1) is 17.3. The number of hydrogen-bond donors (Lipinski definition) is 1. The molecular formula is C29H29N5O. The summed E-state index contributed by atoms with van der Waals surface area (Å²) in [6.45, 7) is 1.84. The van der Waals surface area contributed by atoms with Gasteiger partial charge in [0.05, 0.1) is 12.8 Å². The van der Waals surface area contributed by atoms with Gasteiger partial charge in [-0.3, -0.25) is 4.98 Å². The molecule has 5 rings (SSSR count). The van der Waals surface area contributed by atoms with Gasteiger partial charge in [0, 0.05) is 30.9 Å². The molecule has 0 aliphatic heterocycles. The summed E-state index contributed by atoms with van der Waals surface area (Å²) in [6.07, 6.45) is 6.57. The van der Waals surface area contributed by atoms with Gasteiger partial charge in [0.2, 0.25) is 0 Å². The van der Waals surface area contributed by atoms with Crippen LogP contribution in [0.15, 0.2) is 91.3 Å². The molecule has 0 bridgehead atoms. The zero-order valence-electron chi connectivity index (χ0n) is 19.9. The summed E-state index contributed by atoms with van der Waals surface area (Å²) < 4.78 is 7.20. The van der Waals surface area contributed by atoms with Crippen LogP contribution in [0.25, 0.3) is 16.9 Å². The van der Waals surface area contributed by atoms with Crippen molar-refractivity contribution >= 4 is 5.65 Å². The van der Waals surface area contributed by atoms with Crippen LogP contribution in [0.4, 0.5) is 0 Å². The van der Waals surface area contributed by atoms with E-state index < -0.39 is 0 Å². The molecule has 3 aromatic heterocycles. The molecule has 35 heavy (non-hydrogen) atoms. The number of aromatic nitrogens is 4. The van der Waals surface area contributed by atoms with E-state index in [1.807, 2.05) is 53.2 Å². The second kappa shape index (κ2) is 10.9. The normalized spacial score (nSPS) is 11.1. The van der Waals surface area contributed by atoms with Crippen LogP contribution < -0.4 is 10.1 Å². The number of nitrogens with one attached hydrogen (secondary N) is 1. The van der Waals surface area contributed by atoms with E-state index >= 15 is 0 Å². The van der Waals surface area contributed by atoms with Gasteiger partial charge < -0.3 is 10.1 Å². The highest BCUT2D eigenvalue weighted by Gasteiger charge is 2.10. The first-order valence-corrected chi connectivity index (χ1v) is 11.9. The van der Waals surface area contributed by atoms with Crippen molar-refractivity contribution in [2.24, 2.45) is 0 Å². The average Bonchev–Trinajstić information content (AvgIpc) is 3.33. The smallest absolute Gasteiger partial charge is 0.156 e. The van der Waals surface area contributed by atoms with Gasteiger partial charge in [-0.1, -0.05) is 36.4 Å². The average molecular weight is 464 g/mol. The van der Waals surface area contributed by atoms with Crippen LogP contribution in [-0.2, 0) is 19.4 Å². The Kier molecular flexibility index (Phi) is 7.10. The van der Waals surface area contributed by atoms with Crippen molar-refractivity contribution in [1.82, 2.24) is 24.9 Å². The number of aryl methyl sites for hydroxylation is 1. The van der Waals surface area contributed by atoms with Crippen LogP contribution in [0.3, 0.4) is 0 Å². The zero-order chi connectivity index (χ0) is 23.9. The largest absolute Gasteiger partial charge is 0.497 e. The van der Waals surface area contributed by atoms with Gasteiger partial charge in [-0.2, -0.15) is 5.10 Å². The minimum Gasteiger partial charge on any atom is -0.497 e. The molecule has 0 unspecified atom stereocenters. The lowest BCUT2D eigenvalue weighted by atomic mass is 10.1. The van der Waals surface area contributed by atoms with Crippen molar-refractivity contribution < 1.29 is 4.74 Å². The summed E-state index contributed by atoms with van der Waals surface area (Å²) in [6, 6.07) is 27.0. The maximum atomic E-state index is 5.28. The van der Waals surface area contributed by atoms with Crippen LogP contribution in [0.2, 0.25) is 0 Å². The molecule has 3 heterocycles. The Morgan fingerprint density at radius 2 is 1.69 bits per heavy atom. The summed E-state index contributed by atoms with van der Waals surface area (Å²) in [5.41, 5.74) is 6.72. The molecule has 5 aromatic rings. The highest BCUT2D eigenvalue weighted by Crippen LogP contribution is 2.23. The lowest BCUT2D eigenvalue weighted by molar-refractivity contribution is 0.415. The Labute approximate surface area is 205 Å². The molecule has 0 atom stereocenters. The van der Waals surface area contributed by atoms with Gasteiger partial charge in [0.1, 0.15) is 5.75 Å². The molecule has 176 valence electrons. The maximum Gasteiger partial charge on any atom is 0.156 e. The molecule has 0 aliphatic carbocycles.